The molecule has 2 aromatic rings. The summed E-state index contributed by atoms with van der Waals surface area (Å²) in [6.45, 7) is 2.34. The fraction of sp³-hybridized carbons (Fsp3) is 0.333. The van der Waals surface area contributed by atoms with E-state index in [4.69, 9.17) is 4.42 Å². The first-order valence-corrected chi connectivity index (χ1v) is 6.35. The molecule has 0 saturated carbocycles. The summed E-state index contributed by atoms with van der Waals surface area (Å²) in [6.07, 6.45) is 3.35. The van der Waals surface area contributed by atoms with Crippen LogP contribution in [0.4, 0.5) is 8.78 Å². The van der Waals surface area contributed by atoms with Crippen molar-refractivity contribution in [2.45, 2.75) is 32.4 Å². The van der Waals surface area contributed by atoms with Crippen LogP contribution < -0.4 is 5.32 Å². The molecule has 1 atom stereocenters. The van der Waals surface area contributed by atoms with Crippen LogP contribution in [0.2, 0.25) is 0 Å². The average molecular weight is 265 g/mol. The Hall–Kier alpha value is -1.68. The molecule has 0 bridgehead atoms. The van der Waals surface area contributed by atoms with Gasteiger partial charge in [-0.25, -0.2) is 8.78 Å². The molecule has 1 aromatic carbocycles. The fourth-order valence-corrected chi connectivity index (χ4v) is 1.88. The van der Waals surface area contributed by atoms with Gasteiger partial charge in [0, 0.05) is 24.6 Å². The third-order valence-corrected chi connectivity index (χ3v) is 3.05. The second kappa shape index (κ2) is 6.48. The van der Waals surface area contributed by atoms with Gasteiger partial charge in [-0.2, -0.15) is 0 Å². The van der Waals surface area contributed by atoms with E-state index >= 15 is 0 Å². The number of furan rings is 1. The highest BCUT2D eigenvalue weighted by atomic mass is 19.1. The van der Waals surface area contributed by atoms with Crippen LogP contribution >= 0.6 is 0 Å². The van der Waals surface area contributed by atoms with Crippen molar-refractivity contribution in [3.63, 3.8) is 0 Å². The van der Waals surface area contributed by atoms with Gasteiger partial charge in [-0.1, -0.05) is 0 Å². The highest BCUT2D eigenvalue weighted by molar-refractivity contribution is 5.18. The lowest BCUT2D eigenvalue weighted by atomic mass is 10.1. The minimum absolute atomic E-state index is 0.202. The molecule has 0 aliphatic rings. The molecule has 0 fully saturated rings. The van der Waals surface area contributed by atoms with E-state index in [2.05, 4.69) is 5.32 Å². The first-order valence-electron chi connectivity index (χ1n) is 6.35. The average Bonchev–Trinajstić information content (AvgIpc) is 2.90. The maximum Gasteiger partial charge on any atom is 0.127 e. The number of hydrogen-bond donors (Lipinski definition) is 1. The summed E-state index contributed by atoms with van der Waals surface area (Å²) < 4.78 is 31.7. The number of rotatable bonds is 6. The molecule has 0 radical (unpaired) electrons. The minimum atomic E-state index is -0.415. The number of nitrogens with one attached hydrogen (secondary N) is 1. The molecule has 0 spiro atoms. The van der Waals surface area contributed by atoms with Crippen LogP contribution in [0, 0.1) is 11.6 Å². The van der Waals surface area contributed by atoms with E-state index in [0.717, 1.165) is 30.7 Å². The molecule has 1 N–H and O–H groups in total. The molecule has 0 saturated heterocycles. The summed E-state index contributed by atoms with van der Waals surface area (Å²) in [5, 5.41) is 3.18. The van der Waals surface area contributed by atoms with Crippen LogP contribution in [-0.4, -0.2) is 6.04 Å². The molecule has 19 heavy (non-hydrogen) atoms. The Kier molecular flexibility index (Phi) is 4.68. The second-order valence-electron chi connectivity index (χ2n) is 4.64. The van der Waals surface area contributed by atoms with Crippen LogP contribution in [0.1, 0.15) is 24.7 Å². The van der Waals surface area contributed by atoms with Gasteiger partial charge in [0.1, 0.15) is 17.4 Å². The van der Waals surface area contributed by atoms with Crippen molar-refractivity contribution < 1.29 is 13.2 Å². The van der Waals surface area contributed by atoms with Crippen molar-refractivity contribution in [2.24, 2.45) is 0 Å². The molecule has 2 rings (SSSR count). The van der Waals surface area contributed by atoms with Crippen LogP contribution in [-0.2, 0) is 13.0 Å². The zero-order valence-corrected chi connectivity index (χ0v) is 10.8. The lowest BCUT2D eigenvalue weighted by Gasteiger charge is -2.13. The summed E-state index contributed by atoms with van der Waals surface area (Å²) in [4.78, 5) is 0. The summed E-state index contributed by atoms with van der Waals surface area (Å²) >= 11 is 0. The lowest BCUT2D eigenvalue weighted by molar-refractivity contribution is 0.455. The molecule has 1 heterocycles. The van der Waals surface area contributed by atoms with E-state index in [9.17, 15) is 8.78 Å². The molecule has 0 amide bonds. The van der Waals surface area contributed by atoms with Crippen LogP contribution in [0.3, 0.4) is 0 Å². The Morgan fingerprint density at radius 2 is 2.11 bits per heavy atom. The number of halogens is 2. The smallest absolute Gasteiger partial charge is 0.127 e. The zero-order chi connectivity index (χ0) is 13.7. The second-order valence-corrected chi connectivity index (χ2v) is 4.64. The predicted octanol–water partition coefficient (Wildman–Crippen LogP) is 3.67. The fourth-order valence-electron chi connectivity index (χ4n) is 1.88. The highest BCUT2D eigenvalue weighted by Gasteiger charge is 2.07. The first-order chi connectivity index (χ1) is 9.15. The Labute approximate surface area is 111 Å². The maximum absolute atomic E-state index is 13.4. The maximum atomic E-state index is 13.4. The van der Waals surface area contributed by atoms with E-state index in [1.54, 1.807) is 6.26 Å². The normalized spacial score (nSPS) is 12.6. The molecule has 0 aliphatic carbocycles. The zero-order valence-electron chi connectivity index (χ0n) is 10.8. The van der Waals surface area contributed by atoms with Crippen LogP contribution in [0.5, 0.6) is 0 Å². The topological polar surface area (TPSA) is 25.2 Å². The Bertz CT molecular complexity index is 511. The monoisotopic (exact) mass is 265 g/mol. The standard InChI is InChI=1S/C15H17F2NO/c1-11(4-6-14-3-2-8-19-14)18-10-12-9-13(16)5-7-15(12)17/h2-3,5,7-9,11,18H,4,6,10H2,1H3. The van der Waals surface area contributed by atoms with Crippen LogP contribution in [0.15, 0.2) is 41.0 Å². The molecule has 1 aromatic heterocycles. The van der Waals surface area contributed by atoms with Gasteiger partial charge in [0.2, 0.25) is 0 Å². The molecule has 1 unspecified atom stereocenters. The number of aryl methyl sites for hydroxylation is 1. The Morgan fingerprint density at radius 1 is 1.26 bits per heavy atom. The largest absolute Gasteiger partial charge is 0.469 e. The molecular weight excluding hydrogens is 248 g/mol. The van der Waals surface area contributed by atoms with Crippen molar-refractivity contribution in [1.82, 2.24) is 5.32 Å². The Morgan fingerprint density at radius 3 is 2.84 bits per heavy atom. The van der Waals surface area contributed by atoms with Crippen molar-refractivity contribution in [1.29, 1.82) is 0 Å². The summed E-state index contributed by atoms with van der Waals surface area (Å²) in [7, 11) is 0. The highest BCUT2D eigenvalue weighted by Crippen LogP contribution is 2.10. The van der Waals surface area contributed by atoms with E-state index in [1.807, 2.05) is 19.1 Å². The van der Waals surface area contributed by atoms with Gasteiger partial charge < -0.3 is 9.73 Å². The van der Waals surface area contributed by atoms with E-state index < -0.39 is 5.82 Å². The van der Waals surface area contributed by atoms with E-state index in [1.165, 1.54) is 6.07 Å². The SMILES string of the molecule is CC(CCc1ccco1)NCc1cc(F)ccc1F. The summed E-state index contributed by atoms with van der Waals surface area (Å²) in [6, 6.07) is 7.49. The number of benzene rings is 1. The van der Waals surface area contributed by atoms with Crippen molar-refractivity contribution in [2.75, 3.05) is 0 Å². The van der Waals surface area contributed by atoms with Crippen LogP contribution in [0.25, 0.3) is 0 Å². The molecule has 2 nitrogen and oxygen atoms in total. The first kappa shape index (κ1) is 13.7. The van der Waals surface area contributed by atoms with Crippen molar-refractivity contribution in [3.8, 4) is 0 Å². The van der Waals surface area contributed by atoms with Gasteiger partial charge in [0.15, 0.2) is 0 Å². The summed E-state index contributed by atoms with van der Waals surface area (Å²) in [5.74, 6) is 0.138. The third kappa shape index (κ3) is 4.17. The number of hydrogen-bond acceptors (Lipinski definition) is 2. The van der Waals surface area contributed by atoms with Crippen molar-refractivity contribution >= 4 is 0 Å². The molecular formula is C15H17F2NO. The third-order valence-electron chi connectivity index (χ3n) is 3.05. The Balaban J connectivity index is 1.79. The molecule has 0 aliphatic heterocycles. The summed E-state index contributed by atoms with van der Waals surface area (Å²) in [5.41, 5.74) is 0.352. The van der Waals surface area contributed by atoms with Gasteiger partial charge in [-0.05, 0) is 43.7 Å². The van der Waals surface area contributed by atoms with Gasteiger partial charge in [-0.15, -0.1) is 0 Å². The van der Waals surface area contributed by atoms with Crippen molar-refractivity contribution in [3.05, 3.63) is 59.6 Å². The minimum Gasteiger partial charge on any atom is -0.469 e. The predicted molar refractivity (Wildman–Crippen MR) is 69.7 cm³/mol. The van der Waals surface area contributed by atoms with Gasteiger partial charge in [0.25, 0.3) is 0 Å². The van der Waals surface area contributed by atoms with Gasteiger partial charge in [0.05, 0.1) is 6.26 Å². The lowest BCUT2D eigenvalue weighted by Crippen LogP contribution is -2.26. The van der Waals surface area contributed by atoms with E-state index in [-0.39, 0.29) is 11.9 Å². The van der Waals surface area contributed by atoms with Gasteiger partial charge >= 0.3 is 0 Å². The molecule has 4 heteroatoms. The quantitative estimate of drug-likeness (QED) is 0.862. The van der Waals surface area contributed by atoms with E-state index in [0.29, 0.717) is 12.1 Å². The van der Waals surface area contributed by atoms with Gasteiger partial charge in [-0.3, -0.25) is 0 Å². The molecule has 102 valence electrons.